The molecule has 1 aromatic carbocycles. The number of alkyl halides is 3. The van der Waals surface area contributed by atoms with Crippen molar-refractivity contribution in [2.75, 3.05) is 10.0 Å². The van der Waals surface area contributed by atoms with Crippen LogP contribution in [0.15, 0.2) is 47.8 Å². The SMILES string of the molecule is CC(C)(C(=O)Nc1ccc(-c2cccc(C(F)(F)F)n2)cc1)c1csc(NS(=O)C2CC2)n1. The molecule has 4 rings (SSSR count). The summed E-state index contributed by atoms with van der Waals surface area (Å²) in [5, 5.41) is 5.25. The lowest BCUT2D eigenvalue weighted by molar-refractivity contribution is -0.141. The first-order chi connectivity index (χ1) is 15.5. The number of benzene rings is 1. The number of amides is 1. The number of nitrogens with zero attached hydrogens (tertiary/aromatic N) is 2. The number of halogens is 3. The second kappa shape index (κ2) is 8.86. The molecule has 0 spiro atoms. The Morgan fingerprint density at radius 2 is 1.76 bits per heavy atom. The summed E-state index contributed by atoms with van der Waals surface area (Å²) in [7, 11) is -1.16. The predicted molar refractivity (Wildman–Crippen MR) is 123 cm³/mol. The van der Waals surface area contributed by atoms with Gasteiger partial charge in [-0.15, -0.1) is 11.3 Å². The lowest BCUT2D eigenvalue weighted by atomic mass is 9.89. The van der Waals surface area contributed by atoms with Crippen molar-refractivity contribution >= 4 is 39.0 Å². The molecule has 1 saturated carbocycles. The number of thiazole rings is 1. The zero-order valence-corrected chi connectivity index (χ0v) is 19.4. The maximum Gasteiger partial charge on any atom is 0.433 e. The Kier molecular flexibility index (Phi) is 6.28. The third-order valence-corrected chi connectivity index (χ3v) is 7.56. The van der Waals surface area contributed by atoms with Crippen molar-refractivity contribution < 1.29 is 22.2 Å². The molecule has 174 valence electrons. The van der Waals surface area contributed by atoms with E-state index in [0.717, 1.165) is 18.9 Å². The topological polar surface area (TPSA) is 84.0 Å². The van der Waals surface area contributed by atoms with Crippen LogP contribution < -0.4 is 10.0 Å². The molecule has 3 aromatic rings. The van der Waals surface area contributed by atoms with Crippen LogP contribution in [0.4, 0.5) is 24.0 Å². The molecule has 2 heterocycles. The summed E-state index contributed by atoms with van der Waals surface area (Å²) < 4.78 is 53.7. The van der Waals surface area contributed by atoms with Crippen molar-refractivity contribution in [1.29, 1.82) is 0 Å². The number of pyridine rings is 1. The standard InChI is InChI=1S/C22H21F3N4O2S2/c1-21(2,18-12-32-20(28-18)29-33(31)15-10-11-15)19(30)26-14-8-6-13(7-9-14)16-4-3-5-17(27-16)22(23,24)25/h3-9,12,15H,10-11H2,1-2H3,(H,26,30)(H,28,29). The smallest absolute Gasteiger partial charge is 0.325 e. The predicted octanol–water partition coefficient (Wildman–Crippen LogP) is 5.38. The minimum absolute atomic E-state index is 0.169. The summed E-state index contributed by atoms with van der Waals surface area (Å²) in [6.45, 7) is 3.47. The molecule has 2 N–H and O–H groups in total. The third-order valence-electron chi connectivity index (χ3n) is 5.21. The van der Waals surface area contributed by atoms with Gasteiger partial charge in [0.25, 0.3) is 0 Å². The summed E-state index contributed by atoms with van der Waals surface area (Å²) in [6.07, 6.45) is -2.64. The monoisotopic (exact) mass is 494 g/mol. The zero-order valence-electron chi connectivity index (χ0n) is 17.8. The van der Waals surface area contributed by atoms with Gasteiger partial charge in [0, 0.05) is 16.6 Å². The van der Waals surface area contributed by atoms with Crippen LogP contribution in [0.3, 0.4) is 0 Å². The number of nitrogens with one attached hydrogen (secondary N) is 2. The van der Waals surface area contributed by atoms with Gasteiger partial charge in [-0.05, 0) is 51.0 Å². The first-order valence-electron chi connectivity index (χ1n) is 10.1. The molecule has 0 bridgehead atoms. The summed E-state index contributed by atoms with van der Waals surface area (Å²) in [5.41, 5.74) is -0.195. The van der Waals surface area contributed by atoms with E-state index < -0.39 is 28.3 Å². The van der Waals surface area contributed by atoms with Crippen LogP contribution in [-0.2, 0) is 27.4 Å². The molecular formula is C22H21F3N4O2S2. The largest absolute Gasteiger partial charge is 0.433 e. The Balaban J connectivity index is 1.44. The van der Waals surface area contributed by atoms with Crippen molar-refractivity contribution in [2.45, 2.75) is 43.5 Å². The van der Waals surface area contributed by atoms with Gasteiger partial charge in [-0.2, -0.15) is 13.2 Å². The van der Waals surface area contributed by atoms with E-state index in [1.807, 2.05) is 0 Å². The number of hydrogen-bond acceptors (Lipinski definition) is 5. The highest BCUT2D eigenvalue weighted by molar-refractivity contribution is 7.87. The number of aromatic nitrogens is 2. The number of rotatable bonds is 7. The number of carbonyl (C=O) groups is 1. The van der Waals surface area contributed by atoms with E-state index in [4.69, 9.17) is 0 Å². The van der Waals surface area contributed by atoms with E-state index in [0.29, 0.717) is 22.1 Å². The Morgan fingerprint density at radius 1 is 1.06 bits per heavy atom. The van der Waals surface area contributed by atoms with Gasteiger partial charge < -0.3 is 5.32 Å². The molecule has 1 unspecified atom stereocenters. The second-order valence-corrected chi connectivity index (χ2v) is 10.5. The van der Waals surface area contributed by atoms with Crippen molar-refractivity contribution in [2.24, 2.45) is 0 Å². The Labute approximate surface area is 195 Å². The van der Waals surface area contributed by atoms with E-state index in [1.165, 1.54) is 23.5 Å². The van der Waals surface area contributed by atoms with E-state index in [9.17, 15) is 22.2 Å². The van der Waals surface area contributed by atoms with E-state index in [-0.39, 0.29) is 16.9 Å². The van der Waals surface area contributed by atoms with Crippen LogP contribution in [0, 0.1) is 0 Å². The van der Waals surface area contributed by atoms with Crippen LogP contribution >= 0.6 is 11.3 Å². The third kappa shape index (κ3) is 5.41. The Bertz CT molecular complexity index is 1190. The van der Waals surface area contributed by atoms with Crippen molar-refractivity contribution in [3.63, 3.8) is 0 Å². The molecule has 1 amide bonds. The van der Waals surface area contributed by atoms with Crippen molar-refractivity contribution in [3.05, 3.63) is 59.2 Å². The number of hydrogen-bond donors (Lipinski definition) is 2. The normalized spacial score (nSPS) is 15.2. The summed E-state index contributed by atoms with van der Waals surface area (Å²) in [4.78, 5) is 21.0. The summed E-state index contributed by atoms with van der Waals surface area (Å²) >= 11 is 1.29. The van der Waals surface area contributed by atoms with Crippen LogP contribution in [0.5, 0.6) is 0 Å². The highest BCUT2D eigenvalue weighted by Gasteiger charge is 2.34. The molecule has 1 atom stereocenters. The molecule has 0 aliphatic heterocycles. The fraction of sp³-hybridized carbons (Fsp3) is 0.318. The van der Waals surface area contributed by atoms with E-state index >= 15 is 0 Å². The summed E-state index contributed by atoms with van der Waals surface area (Å²) in [5.74, 6) is -0.299. The molecule has 1 fully saturated rings. The van der Waals surface area contributed by atoms with Gasteiger partial charge >= 0.3 is 6.18 Å². The minimum atomic E-state index is -4.52. The Morgan fingerprint density at radius 3 is 2.39 bits per heavy atom. The van der Waals surface area contributed by atoms with E-state index in [1.54, 1.807) is 43.5 Å². The van der Waals surface area contributed by atoms with Gasteiger partial charge in [0.1, 0.15) is 16.7 Å². The average molecular weight is 495 g/mol. The minimum Gasteiger partial charge on any atom is -0.325 e. The first kappa shape index (κ1) is 23.4. The fourth-order valence-corrected chi connectivity index (χ4v) is 5.05. The van der Waals surface area contributed by atoms with Gasteiger partial charge in [-0.25, -0.2) is 14.2 Å². The maximum atomic E-state index is 12.9. The van der Waals surface area contributed by atoms with E-state index in [2.05, 4.69) is 20.0 Å². The van der Waals surface area contributed by atoms with Crippen molar-refractivity contribution in [3.8, 4) is 11.3 Å². The van der Waals surface area contributed by atoms with Gasteiger partial charge in [0.15, 0.2) is 5.13 Å². The lowest BCUT2D eigenvalue weighted by Crippen LogP contribution is -2.35. The zero-order chi connectivity index (χ0) is 23.8. The first-order valence-corrected chi connectivity index (χ1v) is 12.2. The number of carbonyl (C=O) groups excluding carboxylic acids is 1. The lowest BCUT2D eigenvalue weighted by Gasteiger charge is -2.21. The van der Waals surface area contributed by atoms with Gasteiger partial charge in [0.05, 0.1) is 22.1 Å². The van der Waals surface area contributed by atoms with Crippen molar-refractivity contribution in [1.82, 2.24) is 9.97 Å². The molecule has 6 nitrogen and oxygen atoms in total. The maximum absolute atomic E-state index is 12.9. The van der Waals surface area contributed by atoms with Crippen LogP contribution in [0.1, 0.15) is 38.1 Å². The van der Waals surface area contributed by atoms with Crippen LogP contribution in [-0.4, -0.2) is 25.3 Å². The fourth-order valence-electron chi connectivity index (χ4n) is 2.94. The molecule has 0 radical (unpaired) electrons. The quantitative estimate of drug-likeness (QED) is 0.462. The molecular weight excluding hydrogens is 473 g/mol. The average Bonchev–Trinajstić information content (AvgIpc) is 3.52. The van der Waals surface area contributed by atoms with Gasteiger partial charge in [-0.1, -0.05) is 18.2 Å². The Hall–Kier alpha value is -2.79. The highest BCUT2D eigenvalue weighted by Crippen LogP contribution is 2.32. The molecule has 1 aliphatic rings. The van der Waals surface area contributed by atoms with Gasteiger partial charge in [-0.3, -0.25) is 9.52 Å². The highest BCUT2D eigenvalue weighted by atomic mass is 32.2. The second-order valence-electron chi connectivity index (χ2n) is 8.20. The molecule has 2 aromatic heterocycles. The van der Waals surface area contributed by atoms with Crippen LogP contribution in [0.2, 0.25) is 0 Å². The number of anilines is 2. The molecule has 33 heavy (non-hydrogen) atoms. The molecule has 0 saturated heterocycles. The molecule has 11 heteroatoms. The van der Waals surface area contributed by atoms with Gasteiger partial charge in [0.2, 0.25) is 5.91 Å². The summed E-state index contributed by atoms with van der Waals surface area (Å²) in [6, 6.07) is 10.1. The van der Waals surface area contributed by atoms with Crippen LogP contribution in [0.25, 0.3) is 11.3 Å². The molecule has 1 aliphatic carbocycles.